The third-order valence-electron chi connectivity index (χ3n) is 1.65. The Hall–Kier alpha value is -0.610. The molecule has 0 aromatic heterocycles. The first-order chi connectivity index (χ1) is 5.50. The Balaban J connectivity index is 4.00. The number of aliphatic hydroxyl groups excluding tert-OH is 2. The molecule has 0 fully saturated rings. The molecule has 0 spiro atoms. The van der Waals surface area contributed by atoms with Crippen molar-refractivity contribution in [1.29, 1.82) is 0 Å². The number of amides is 1. The topological polar surface area (TPSA) is 60.8 Å². The van der Waals surface area contributed by atoms with Gasteiger partial charge in [-0.1, -0.05) is 6.92 Å². The van der Waals surface area contributed by atoms with Gasteiger partial charge in [-0.3, -0.25) is 4.79 Å². The maximum atomic E-state index is 11.2. The minimum atomic E-state index is -1.29. The molecule has 0 rings (SSSR count). The zero-order chi connectivity index (χ0) is 9.72. The quantitative estimate of drug-likeness (QED) is 0.611. The normalized spacial score (nSPS) is 15.4. The van der Waals surface area contributed by atoms with Crippen molar-refractivity contribution in [2.24, 2.45) is 0 Å². The number of hydrogen-bond donors (Lipinski definition) is 2. The third-order valence-corrected chi connectivity index (χ3v) is 1.65. The average molecular weight is 175 g/mol. The molecule has 0 aromatic carbocycles. The first kappa shape index (κ1) is 11.4. The van der Waals surface area contributed by atoms with E-state index in [1.165, 1.54) is 11.8 Å². The van der Waals surface area contributed by atoms with Crippen molar-refractivity contribution in [3.63, 3.8) is 0 Å². The molecule has 72 valence electrons. The van der Waals surface area contributed by atoms with Crippen LogP contribution in [0.15, 0.2) is 0 Å². The predicted octanol–water partition coefficient (Wildman–Crippen LogP) is -0.403. The molecule has 0 aliphatic heterocycles. The lowest BCUT2D eigenvalue weighted by Gasteiger charge is -2.21. The van der Waals surface area contributed by atoms with Crippen molar-refractivity contribution in [2.75, 3.05) is 13.6 Å². The van der Waals surface area contributed by atoms with Crippen LogP contribution >= 0.6 is 0 Å². The largest absolute Gasteiger partial charge is 0.390 e. The summed E-state index contributed by atoms with van der Waals surface area (Å²) in [5, 5.41) is 18.1. The summed E-state index contributed by atoms with van der Waals surface area (Å²) >= 11 is 0. The molecule has 0 unspecified atom stereocenters. The van der Waals surface area contributed by atoms with E-state index in [4.69, 9.17) is 10.2 Å². The van der Waals surface area contributed by atoms with Crippen molar-refractivity contribution in [3.05, 3.63) is 0 Å². The molecule has 12 heavy (non-hydrogen) atoms. The Morgan fingerprint density at radius 2 is 2.00 bits per heavy atom. The highest BCUT2D eigenvalue weighted by Crippen LogP contribution is 1.98. The van der Waals surface area contributed by atoms with Gasteiger partial charge in [-0.05, 0) is 13.3 Å². The van der Waals surface area contributed by atoms with E-state index in [1.807, 2.05) is 6.92 Å². The van der Waals surface area contributed by atoms with Gasteiger partial charge in [-0.25, -0.2) is 0 Å². The molecule has 0 aromatic rings. The lowest BCUT2D eigenvalue weighted by atomic mass is 10.2. The summed E-state index contributed by atoms with van der Waals surface area (Å²) in [5.74, 6) is -0.424. The number of carbonyl (C=O) groups excluding carboxylic acids is 1. The van der Waals surface area contributed by atoms with Crippen molar-refractivity contribution >= 4 is 5.91 Å². The minimum absolute atomic E-state index is 0.424. The lowest BCUT2D eigenvalue weighted by molar-refractivity contribution is -0.144. The second-order valence-corrected chi connectivity index (χ2v) is 2.95. The summed E-state index contributed by atoms with van der Waals surface area (Å²) < 4.78 is 0. The van der Waals surface area contributed by atoms with Crippen molar-refractivity contribution in [2.45, 2.75) is 32.5 Å². The molecule has 2 atom stereocenters. The van der Waals surface area contributed by atoms with Crippen LogP contribution in [0, 0.1) is 0 Å². The van der Waals surface area contributed by atoms with Gasteiger partial charge in [-0.15, -0.1) is 0 Å². The van der Waals surface area contributed by atoms with E-state index in [2.05, 4.69) is 0 Å². The maximum Gasteiger partial charge on any atom is 0.253 e. The van der Waals surface area contributed by atoms with E-state index >= 15 is 0 Å². The van der Waals surface area contributed by atoms with Crippen LogP contribution in [0.1, 0.15) is 20.3 Å². The molecule has 2 N–H and O–H groups in total. The summed E-state index contributed by atoms with van der Waals surface area (Å²) in [6, 6.07) is 0. The van der Waals surface area contributed by atoms with Crippen molar-refractivity contribution in [3.8, 4) is 0 Å². The van der Waals surface area contributed by atoms with Crippen LogP contribution < -0.4 is 0 Å². The predicted molar refractivity (Wildman–Crippen MR) is 45.6 cm³/mol. The highest BCUT2D eigenvalue weighted by molar-refractivity contribution is 5.80. The molecular formula is C8H17NO3. The number of carbonyl (C=O) groups is 1. The number of likely N-dealkylation sites (N-methyl/N-ethyl adjacent to an activating group) is 1. The Labute approximate surface area is 72.8 Å². The molecule has 4 nitrogen and oxygen atoms in total. The molecule has 0 aliphatic carbocycles. The highest BCUT2D eigenvalue weighted by Gasteiger charge is 2.22. The first-order valence-corrected chi connectivity index (χ1v) is 4.11. The monoisotopic (exact) mass is 175 g/mol. The van der Waals surface area contributed by atoms with Gasteiger partial charge in [0, 0.05) is 13.6 Å². The zero-order valence-corrected chi connectivity index (χ0v) is 7.82. The summed E-state index contributed by atoms with van der Waals surface area (Å²) in [6.45, 7) is 3.93. The first-order valence-electron chi connectivity index (χ1n) is 4.11. The maximum absolute atomic E-state index is 11.2. The molecular weight excluding hydrogens is 158 g/mol. The Morgan fingerprint density at radius 3 is 2.33 bits per heavy atom. The van der Waals surface area contributed by atoms with E-state index in [1.54, 1.807) is 7.05 Å². The molecule has 0 radical (unpaired) electrons. The average Bonchev–Trinajstić information content (AvgIpc) is 2.02. The van der Waals surface area contributed by atoms with Gasteiger partial charge in [0.1, 0.15) is 0 Å². The fourth-order valence-corrected chi connectivity index (χ4v) is 0.878. The Bertz CT molecular complexity index is 147. The van der Waals surface area contributed by atoms with Crippen LogP contribution in [0.3, 0.4) is 0 Å². The van der Waals surface area contributed by atoms with E-state index in [9.17, 15) is 4.79 Å². The standard InChI is InChI=1S/C8H17NO3/c1-4-5-9(3)8(12)7(11)6(2)10/h6-7,10-11H,4-5H2,1-3H3/t6-,7+/m0/s1. The number of aliphatic hydroxyl groups is 2. The number of rotatable bonds is 4. The van der Waals surface area contributed by atoms with Crippen LogP contribution in [-0.2, 0) is 4.79 Å². The summed E-state index contributed by atoms with van der Waals surface area (Å²) in [6.07, 6.45) is -1.45. The SMILES string of the molecule is CCCN(C)C(=O)[C@H](O)[C@H](C)O. The summed E-state index contributed by atoms with van der Waals surface area (Å²) in [7, 11) is 1.61. The van der Waals surface area contributed by atoms with Crippen LogP contribution in [0.2, 0.25) is 0 Å². The Kier molecular flexibility index (Phi) is 4.85. The second kappa shape index (κ2) is 5.11. The fraction of sp³-hybridized carbons (Fsp3) is 0.875. The Morgan fingerprint density at radius 1 is 1.50 bits per heavy atom. The van der Waals surface area contributed by atoms with Gasteiger partial charge in [0.2, 0.25) is 0 Å². The highest BCUT2D eigenvalue weighted by atomic mass is 16.3. The molecule has 4 heteroatoms. The fourth-order valence-electron chi connectivity index (χ4n) is 0.878. The van der Waals surface area contributed by atoms with E-state index in [0.717, 1.165) is 6.42 Å². The van der Waals surface area contributed by atoms with E-state index in [-0.39, 0.29) is 0 Å². The number of nitrogens with zero attached hydrogens (tertiary/aromatic N) is 1. The zero-order valence-electron chi connectivity index (χ0n) is 7.82. The van der Waals surface area contributed by atoms with Gasteiger partial charge in [0.15, 0.2) is 6.10 Å². The number of hydrogen-bond acceptors (Lipinski definition) is 3. The van der Waals surface area contributed by atoms with Gasteiger partial charge in [0.05, 0.1) is 6.10 Å². The minimum Gasteiger partial charge on any atom is -0.390 e. The van der Waals surface area contributed by atoms with Crippen LogP contribution in [0.4, 0.5) is 0 Å². The van der Waals surface area contributed by atoms with Crippen molar-refractivity contribution < 1.29 is 15.0 Å². The van der Waals surface area contributed by atoms with Gasteiger partial charge in [0.25, 0.3) is 5.91 Å². The van der Waals surface area contributed by atoms with E-state index in [0.29, 0.717) is 6.54 Å². The molecule has 1 amide bonds. The molecule has 0 heterocycles. The third kappa shape index (κ3) is 3.19. The van der Waals surface area contributed by atoms with E-state index < -0.39 is 18.1 Å². The molecule has 0 bridgehead atoms. The van der Waals surface area contributed by atoms with Crippen LogP contribution in [0.5, 0.6) is 0 Å². The molecule has 0 saturated heterocycles. The molecule has 0 aliphatic rings. The summed E-state index contributed by atoms with van der Waals surface area (Å²) in [4.78, 5) is 12.6. The summed E-state index contributed by atoms with van der Waals surface area (Å²) in [5.41, 5.74) is 0. The van der Waals surface area contributed by atoms with Gasteiger partial charge >= 0.3 is 0 Å². The van der Waals surface area contributed by atoms with Gasteiger partial charge in [-0.2, -0.15) is 0 Å². The second-order valence-electron chi connectivity index (χ2n) is 2.95. The van der Waals surface area contributed by atoms with Crippen LogP contribution in [-0.4, -0.2) is 46.8 Å². The molecule has 0 saturated carbocycles. The van der Waals surface area contributed by atoms with Gasteiger partial charge < -0.3 is 15.1 Å². The van der Waals surface area contributed by atoms with Crippen molar-refractivity contribution in [1.82, 2.24) is 4.90 Å². The lowest BCUT2D eigenvalue weighted by Crippen LogP contribution is -2.42. The van der Waals surface area contributed by atoms with Crippen LogP contribution in [0.25, 0.3) is 0 Å². The smallest absolute Gasteiger partial charge is 0.253 e.